The minimum absolute atomic E-state index is 0.597. The van der Waals surface area contributed by atoms with Crippen LogP contribution >= 0.6 is 11.8 Å². The van der Waals surface area contributed by atoms with Gasteiger partial charge in [-0.3, -0.25) is 0 Å². The zero-order chi connectivity index (χ0) is 14.8. The van der Waals surface area contributed by atoms with E-state index in [0.717, 1.165) is 21.7 Å². The van der Waals surface area contributed by atoms with Crippen LogP contribution in [0.5, 0.6) is 0 Å². The maximum atomic E-state index is 13.3. The second-order valence-corrected chi connectivity index (χ2v) is 5.56. The normalized spacial score (nSPS) is 10.5. The Kier molecular flexibility index (Phi) is 3.59. The standard InChI is InChI=1S/C17H9F2NS/c18-15-7-6-12(9-16(15)19)21-17-8-5-11(10-20)13-3-1-2-4-14(13)17/h1-9H. The summed E-state index contributed by atoms with van der Waals surface area (Å²) < 4.78 is 26.3. The molecule has 0 radical (unpaired) electrons. The summed E-state index contributed by atoms with van der Waals surface area (Å²) in [5.74, 6) is -1.72. The third kappa shape index (κ3) is 2.61. The molecule has 0 fully saturated rings. The van der Waals surface area contributed by atoms with Gasteiger partial charge < -0.3 is 0 Å². The zero-order valence-corrected chi connectivity index (χ0v) is 11.6. The molecule has 21 heavy (non-hydrogen) atoms. The molecule has 4 heteroatoms. The lowest BCUT2D eigenvalue weighted by molar-refractivity contribution is 0.506. The van der Waals surface area contributed by atoms with E-state index >= 15 is 0 Å². The molecule has 0 amide bonds. The predicted molar refractivity (Wildman–Crippen MR) is 79.1 cm³/mol. The third-order valence-electron chi connectivity index (χ3n) is 3.12. The Bertz CT molecular complexity index is 868. The van der Waals surface area contributed by atoms with E-state index in [9.17, 15) is 8.78 Å². The Morgan fingerprint density at radius 2 is 1.62 bits per heavy atom. The van der Waals surface area contributed by atoms with Crippen LogP contribution in [-0.4, -0.2) is 0 Å². The SMILES string of the molecule is N#Cc1ccc(Sc2ccc(F)c(F)c2)c2ccccc12. The molecule has 0 aromatic heterocycles. The highest BCUT2D eigenvalue weighted by Crippen LogP contribution is 2.35. The summed E-state index contributed by atoms with van der Waals surface area (Å²) in [7, 11) is 0. The number of nitriles is 1. The van der Waals surface area contributed by atoms with Crippen molar-refractivity contribution in [1.29, 1.82) is 5.26 Å². The van der Waals surface area contributed by atoms with E-state index in [-0.39, 0.29) is 0 Å². The van der Waals surface area contributed by atoms with Gasteiger partial charge in [-0.15, -0.1) is 0 Å². The van der Waals surface area contributed by atoms with Gasteiger partial charge in [0.05, 0.1) is 11.6 Å². The summed E-state index contributed by atoms with van der Waals surface area (Å²) in [6.45, 7) is 0. The number of benzene rings is 3. The van der Waals surface area contributed by atoms with Gasteiger partial charge in [-0.1, -0.05) is 36.0 Å². The van der Waals surface area contributed by atoms with Crippen molar-refractivity contribution in [2.45, 2.75) is 9.79 Å². The van der Waals surface area contributed by atoms with Gasteiger partial charge in [-0.2, -0.15) is 5.26 Å². The van der Waals surface area contributed by atoms with E-state index in [2.05, 4.69) is 6.07 Å². The Balaban J connectivity index is 2.09. The quantitative estimate of drug-likeness (QED) is 0.654. The van der Waals surface area contributed by atoms with Crippen molar-refractivity contribution in [3.05, 3.63) is 71.8 Å². The van der Waals surface area contributed by atoms with Crippen molar-refractivity contribution in [3.63, 3.8) is 0 Å². The number of halogens is 2. The van der Waals surface area contributed by atoms with Crippen LogP contribution < -0.4 is 0 Å². The minimum Gasteiger partial charge on any atom is -0.204 e. The lowest BCUT2D eigenvalue weighted by atomic mass is 10.1. The Morgan fingerprint density at radius 1 is 0.857 bits per heavy atom. The number of hydrogen-bond donors (Lipinski definition) is 0. The highest BCUT2D eigenvalue weighted by Gasteiger charge is 2.08. The molecule has 0 bridgehead atoms. The molecule has 102 valence electrons. The summed E-state index contributed by atoms with van der Waals surface area (Å²) >= 11 is 1.34. The van der Waals surface area contributed by atoms with Gasteiger partial charge in [0.2, 0.25) is 0 Å². The molecule has 0 saturated heterocycles. The second kappa shape index (κ2) is 5.55. The molecular formula is C17H9F2NS. The smallest absolute Gasteiger partial charge is 0.159 e. The molecule has 1 nitrogen and oxygen atoms in total. The Hall–Kier alpha value is -2.38. The molecule has 0 heterocycles. The van der Waals surface area contributed by atoms with Gasteiger partial charge >= 0.3 is 0 Å². The molecule has 0 aliphatic carbocycles. The summed E-state index contributed by atoms with van der Waals surface area (Å²) in [5, 5.41) is 10.9. The lowest BCUT2D eigenvalue weighted by Gasteiger charge is -2.08. The van der Waals surface area contributed by atoms with Crippen LogP contribution in [0.3, 0.4) is 0 Å². The van der Waals surface area contributed by atoms with Gasteiger partial charge in [0, 0.05) is 15.2 Å². The molecule has 0 unspecified atom stereocenters. The van der Waals surface area contributed by atoms with Crippen LogP contribution in [-0.2, 0) is 0 Å². The molecule has 3 rings (SSSR count). The van der Waals surface area contributed by atoms with Crippen LogP contribution in [0.2, 0.25) is 0 Å². The van der Waals surface area contributed by atoms with Gasteiger partial charge in [0.25, 0.3) is 0 Å². The first-order valence-electron chi connectivity index (χ1n) is 6.24. The Labute approximate surface area is 124 Å². The largest absolute Gasteiger partial charge is 0.204 e. The molecule has 0 N–H and O–H groups in total. The number of hydrogen-bond acceptors (Lipinski definition) is 2. The van der Waals surface area contributed by atoms with Crippen molar-refractivity contribution >= 4 is 22.5 Å². The summed E-state index contributed by atoms with van der Waals surface area (Å²) in [6, 6.07) is 17.1. The van der Waals surface area contributed by atoms with Gasteiger partial charge in [-0.05, 0) is 35.7 Å². The van der Waals surface area contributed by atoms with Crippen LogP contribution in [0.15, 0.2) is 64.4 Å². The summed E-state index contributed by atoms with van der Waals surface area (Å²) in [5.41, 5.74) is 0.597. The predicted octanol–water partition coefficient (Wildman–Crippen LogP) is 5.14. The fraction of sp³-hybridized carbons (Fsp3) is 0. The highest BCUT2D eigenvalue weighted by molar-refractivity contribution is 7.99. The molecule has 3 aromatic carbocycles. The topological polar surface area (TPSA) is 23.8 Å². The van der Waals surface area contributed by atoms with E-state index in [1.165, 1.54) is 23.9 Å². The Morgan fingerprint density at radius 3 is 2.33 bits per heavy atom. The van der Waals surface area contributed by atoms with Crippen LogP contribution in [0.4, 0.5) is 8.78 Å². The van der Waals surface area contributed by atoms with E-state index in [0.29, 0.717) is 10.5 Å². The van der Waals surface area contributed by atoms with Crippen LogP contribution in [0.1, 0.15) is 5.56 Å². The van der Waals surface area contributed by atoms with Crippen molar-refractivity contribution in [1.82, 2.24) is 0 Å². The number of rotatable bonds is 2. The molecule has 3 aromatic rings. The third-order valence-corrected chi connectivity index (χ3v) is 4.19. The number of fused-ring (bicyclic) bond motifs is 1. The fourth-order valence-corrected chi connectivity index (χ4v) is 3.10. The van der Waals surface area contributed by atoms with E-state index in [4.69, 9.17) is 5.26 Å². The summed E-state index contributed by atoms with van der Waals surface area (Å²) in [4.78, 5) is 1.51. The molecule has 0 spiro atoms. The highest BCUT2D eigenvalue weighted by atomic mass is 32.2. The molecule has 0 atom stereocenters. The van der Waals surface area contributed by atoms with E-state index in [1.54, 1.807) is 6.07 Å². The maximum Gasteiger partial charge on any atom is 0.159 e. The van der Waals surface area contributed by atoms with Crippen LogP contribution in [0.25, 0.3) is 10.8 Å². The summed E-state index contributed by atoms with van der Waals surface area (Å²) in [6.07, 6.45) is 0. The first kappa shape index (κ1) is 13.6. The first-order chi connectivity index (χ1) is 10.2. The molecule has 0 aliphatic heterocycles. The number of nitrogens with zero attached hydrogens (tertiary/aromatic N) is 1. The maximum absolute atomic E-state index is 13.3. The van der Waals surface area contributed by atoms with Crippen molar-refractivity contribution in [2.75, 3.05) is 0 Å². The zero-order valence-electron chi connectivity index (χ0n) is 10.8. The second-order valence-electron chi connectivity index (χ2n) is 4.45. The van der Waals surface area contributed by atoms with Gasteiger partial charge in [0.15, 0.2) is 11.6 Å². The first-order valence-corrected chi connectivity index (χ1v) is 7.05. The van der Waals surface area contributed by atoms with Gasteiger partial charge in [-0.25, -0.2) is 8.78 Å². The molecular weight excluding hydrogens is 288 g/mol. The van der Waals surface area contributed by atoms with E-state index < -0.39 is 11.6 Å². The van der Waals surface area contributed by atoms with Crippen LogP contribution in [0, 0.1) is 23.0 Å². The fourth-order valence-electron chi connectivity index (χ4n) is 2.13. The van der Waals surface area contributed by atoms with E-state index in [1.807, 2.05) is 30.3 Å². The molecule has 0 aliphatic rings. The van der Waals surface area contributed by atoms with Crippen molar-refractivity contribution in [3.8, 4) is 6.07 Å². The van der Waals surface area contributed by atoms with Crippen molar-refractivity contribution < 1.29 is 8.78 Å². The van der Waals surface area contributed by atoms with Crippen molar-refractivity contribution in [2.24, 2.45) is 0 Å². The lowest BCUT2D eigenvalue weighted by Crippen LogP contribution is -1.85. The minimum atomic E-state index is -0.863. The monoisotopic (exact) mass is 297 g/mol. The van der Waals surface area contributed by atoms with Gasteiger partial charge in [0.1, 0.15) is 0 Å². The molecule has 0 saturated carbocycles. The average Bonchev–Trinajstić information content (AvgIpc) is 2.51. The average molecular weight is 297 g/mol.